The molecule has 6 nitrogen and oxygen atoms in total. The van der Waals surface area contributed by atoms with Gasteiger partial charge in [0.1, 0.15) is 0 Å². The first-order valence-electron chi connectivity index (χ1n) is 9.06. The van der Waals surface area contributed by atoms with Crippen molar-refractivity contribution in [1.82, 2.24) is 0 Å². The number of rotatable bonds is 2. The number of amides is 2. The third-order valence-corrected chi connectivity index (χ3v) is 7.33. The Hall–Kier alpha value is -2.38. The highest BCUT2D eigenvalue weighted by Gasteiger charge is 2.42. The van der Waals surface area contributed by atoms with Crippen LogP contribution >= 0.6 is 11.6 Å². The maximum absolute atomic E-state index is 13.2. The van der Waals surface area contributed by atoms with Crippen LogP contribution in [-0.4, -0.2) is 32.5 Å². The Balaban J connectivity index is 1.75. The van der Waals surface area contributed by atoms with E-state index in [0.29, 0.717) is 6.54 Å². The third-order valence-electron chi connectivity index (χ3n) is 5.13. The average Bonchev–Trinajstić information content (AvgIpc) is 2.88. The summed E-state index contributed by atoms with van der Waals surface area (Å²) in [5.41, 5.74) is 2.24. The first-order chi connectivity index (χ1) is 13.3. The van der Waals surface area contributed by atoms with Gasteiger partial charge in [-0.25, -0.2) is 12.7 Å². The predicted molar refractivity (Wildman–Crippen MR) is 108 cm³/mol. The largest absolute Gasteiger partial charge is 0.308 e. The molecule has 0 saturated carbocycles. The third kappa shape index (κ3) is 3.08. The van der Waals surface area contributed by atoms with Crippen LogP contribution in [0.1, 0.15) is 29.3 Å². The van der Waals surface area contributed by atoms with E-state index in [9.17, 15) is 18.0 Å². The van der Waals surface area contributed by atoms with Gasteiger partial charge in [0.15, 0.2) is 0 Å². The van der Waals surface area contributed by atoms with Gasteiger partial charge in [0.2, 0.25) is 15.9 Å². The highest BCUT2D eigenvalue weighted by molar-refractivity contribution is 7.94. The molecule has 0 spiro atoms. The number of benzene rings is 2. The molecule has 1 saturated heterocycles. The first kappa shape index (κ1) is 19.0. The number of sulfonamides is 1. The Labute approximate surface area is 168 Å². The first-order valence-corrected chi connectivity index (χ1v) is 11.0. The molecule has 1 fully saturated rings. The van der Waals surface area contributed by atoms with Crippen LogP contribution in [-0.2, 0) is 21.2 Å². The maximum Gasteiger partial charge on any atom is 0.259 e. The van der Waals surface area contributed by atoms with Crippen LogP contribution in [0.5, 0.6) is 0 Å². The molecule has 0 aliphatic carbocycles. The summed E-state index contributed by atoms with van der Waals surface area (Å²) in [4.78, 5) is 27.3. The lowest BCUT2D eigenvalue weighted by Crippen LogP contribution is -2.36. The van der Waals surface area contributed by atoms with Crippen molar-refractivity contribution >= 4 is 44.8 Å². The Morgan fingerprint density at radius 2 is 1.93 bits per heavy atom. The molecule has 2 aliphatic rings. The lowest BCUT2D eigenvalue weighted by molar-refractivity contribution is -0.119. The molecule has 1 unspecified atom stereocenters. The van der Waals surface area contributed by atoms with Crippen LogP contribution in [0, 0.1) is 5.92 Å². The van der Waals surface area contributed by atoms with Crippen molar-refractivity contribution in [1.29, 1.82) is 0 Å². The number of halogens is 1. The molecule has 0 N–H and O–H groups in total. The molecule has 2 aromatic rings. The maximum atomic E-state index is 13.2. The SMILES string of the molecule is CC1CS(=O)(=O)N(c2ccc(Cl)c(C(=O)N3CCCc4ccccc43)c2)C1=O. The molecular weight excluding hydrogens is 400 g/mol. The van der Waals surface area contributed by atoms with Crippen LogP contribution in [0.25, 0.3) is 0 Å². The minimum Gasteiger partial charge on any atom is -0.308 e. The fourth-order valence-corrected chi connectivity index (χ4v) is 5.79. The number of carbonyl (C=O) groups excluding carboxylic acids is 2. The summed E-state index contributed by atoms with van der Waals surface area (Å²) in [5, 5.41) is 0.217. The molecule has 146 valence electrons. The number of anilines is 2. The van der Waals surface area contributed by atoms with E-state index in [1.54, 1.807) is 11.8 Å². The van der Waals surface area contributed by atoms with Crippen LogP contribution in [0.2, 0.25) is 5.02 Å². The second-order valence-corrected chi connectivity index (χ2v) is 9.40. The van der Waals surface area contributed by atoms with Gasteiger partial charge in [-0.3, -0.25) is 9.59 Å². The molecule has 2 amide bonds. The standard InChI is InChI=1S/C20H19ClN2O4S/c1-13-12-28(26,27)23(19(13)24)15-8-9-17(21)16(11-15)20(25)22-10-4-6-14-5-2-3-7-18(14)22/h2-3,5,7-9,11,13H,4,6,10,12H2,1H3. The monoisotopic (exact) mass is 418 g/mol. The second kappa shape index (κ2) is 6.90. The number of nitrogens with zero attached hydrogens (tertiary/aromatic N) is 2. The summed E-state index contributed by atoms with van der Waals surface area (Å²) >= 11 is 6.28. The van der Waals surface area contributed by atoms with Crippen LogP contribution in [0.3, 0.4) is 0 Å². The predicted octanol–water partition coefficient (Wildman–Crippen LogP) is 3.25. The summed E-state index contributed by atoms with van der Waals surface area (Å²) in [6, 6.07) is 12.0. The van der Waals surface area contributed by atoms with E-state index in [-0.39, 0.29) is 27.9 Å². The van der Waals surface area contributed by atoms with E-state index >= 15 is 0 Å². The van der Waals surface area contributed by atoms with Crippen LogP contribution in [0.15, 0.2) is 42.5 Å². The molecule has 0 bridgehead atoms. The van der Waals surface area contributed by atoms with Gasteiger partial charge in [0.05, 0.1) is 27.9 Å². The molecule has 2 heterocycles. The van der Waals surface area contributed by atoms with Gasteiger partial charge in [-0.15, -0.1) is 0 Å². The molecule has 4 rings (SSSR count). The summed E-state index contributed by atoms with van der Waals surface area (Å²) in [5.74, 6) is -1.66. The lowest BCUT2D eigenvalue weighted by atomic mass is 10.0. The van der Waals surface area contributed by atoms with Gasteiger partial charge >= 0.3 is 0 Å². The molecule has 0 aromatic heterocycles. The van der Waals surface area contributed by atoms with E-state index < -0.39 is 21.8 Å². The van der Waals surface area contributed by atoms with E-state index in [1.807, 2.05) is 24.3 Å². The van der Waals surface area contributed by atoms with Gasteiger partial charge in [-0.2, -0.15) is 0 Å². The number of para-hydroxylation sites is 1. The fraction of sp³-hybridized carbons (Fsp3) is 0.300. The number of hydrogen-bond donors (Lipinski definition) is 0. The second-order valence-electron chi connectivity index (χ2n) is 7.14. The van der Waals surface area contributed by atoms with Crippen molar-refractivity contribution in [2.45, 2.75) is 19.8 Å². The summed E-state index contributed by atoms with van der Waals surface area (Å²) in [6.07, 6.45) is 1.72. The number of fused-ring (bicyclic) bond motifs is 1. The van der Waals surface area contributed by atoms with Crippen LogP contribution in [0.4, 0.5) is 11.4 Å². The van der Waals surface area contributed by atoms with Crippen molar-refractivity contribution in [2.75, 3.05) is 21.5 Å². The zero-order valence-electron chi connectivity index (χ0n) is 15.3. The van der Waals surface area contributed by atoms with Crippen molar-refractivity contribution < 1.29 is 18.0 Å². The van der Waals surface area contributed by atoms with E-state index in [2.05, 4.69) is 0 Å². The number of carbonyl (C=O) groups is 2. The molecular formula is C20H19ClN2O4S. The Morgan fingerprint density at radius 1 is 1.18 bits per heavy atom. The van der Waals surface area contributed by atoms with Gasteiger partial charge < -0.3 is 4.90 Å². The molecule has 2 aromatic carbocycles. The highest BCUT2D eigenvalue weighted by Crippen LogP contribution is 2.34. The van der Waals surface area contributed by atoms with E-state index in [4.69, 9.17) is 11.6 Å². The molecule has 2 aliphatic heterocycles. The highest BCUT2D eigenvalue weighted by atomic mass is 35.5. The minimum atomic E-state index is -3.75. The minimum absolute atomic E-state index is 0.146. The molecule has 0 radical (unpaired) electrons. The summed E-state index contributed by atoms with van der Waals surface area (Å²) in [7, 11) is -3.75. The van der Waals surface area contributed by atoms with Crippen molar-refractivity contribution in [2.24, 2.45) is 5.92 Å². The van der Waals surface area contributed by atoms with Gasteiger partial charge in [0, 0.05) is 12.2 Å². The quantitative estimate of drug-likeness (QED) is 0.750. The zero-order chi connectivity index (χ0) is 20.1. The number of aryl methyl sites for hydroxylation is 1. The van der Waals surface area contributed by atoms with E-state index in [0.717, 1.165) is 28.4 Å². The lowest BCUT2D eigenvalue weighted by Gasteiger charge is -2.30. The van der Waals surface area contributed by atoms with Gasteiger partial charge in [0.25, 0.3) is 5.91 Å². The van der Waals surface area contributed by atoms with Gasteiger partial charge in [-0.1, -0.05) is 36.7 Å². The molecule has 1 atom stereocenters. The fourth-order valence-electron chi connectivity index (χ4n) is 3.78. The molecule has 28 heavy (non-hydrogen) atoms. The normalized spacial score (nSPS) is 20.9. The zero-order valence-corrected chi connectivity index (χ0v) is 16.8. The van der Waals surface area contributed by atoms with Crippen molar-refractivity contribution in [3.05, 3.63) is 58.6 Å². The van der Waals surface area contributed by atoms with Gasteiger partial charge in [-0.05, 0) is 42.7 Å². The Bertz CT molecular complexity index is 1080. The Kier molecular flexibility index (Phi) is 4.67. The van der Waals surface area contributed by atoms with Crippen LogP contribution < -0.4 is 9.21 Å². The van der Waals surface area contributed by atoms with Crippen molar-refractivity contribution in [3.8, 4) is 0 Å². The molecule has 8 heteroatoms. The smallest absolute Gasteiger partial charge is 0.259 e. The topological polar surface area (TPSA) is 74.8 Å². The van der Waals surface area contributed by atoms with Crippen molar-refractivity contribution in [3.63, 3.8) is 0 Å². The summed E-state index contributed by atoms with van der Waals surface area (Å²) in [6.45, 7) is 2.13. The average molecular weight is 419 g/mol. The van der Waals surface area contributed by atoms with E-state index in [1.165, 1.54) is 18.2 Å². The summed E-state index contributed by atoms with van der Waals surface area (Å²) < 4.78 is 25.6. The Morgan fingerprint density at radius 3 is 2.64 bits per heavy atom. The number of hydrogen-bond acceptors (Lipinski definition) is 4.